The second kappa shape index (κ2) is 6.78. The lowest BCUT2D eigenvalue weighted by Crippen LogP contribution is -2.24. The van der Waals surface area contributed by atoms with Gasteiger partial charge in [0.05, 0.1) is 6.26 Å². The van der Waals surface area contributed by atoms with Gasteiger partial charge >= 0.3 is 0 Å². The van der Waals surface area contributed by atoms with E-state index in [4.69, 9.17) is 16.0 Å². The molecule has 2 aromatic rings. The third-order valence-electron chi connectivity index (χ3n) is 3.12. The normalized spacial score (nSPS) is 12.8. The van der Waals surface area contributed by atoms with E-state index in [2.05, 4.69) is 28.7 Å². The number of rotatable bonds is 7. The highest BCUT2D eigenvalue weighted by Crippen LogP contribution is 2.26. The molecule has 0 fully saturated rings. The van der Waals surface area contributed by atoms with Crippen molar-refractivity contribution in [3.8, 4) is 0 Å². The van der Waals surface area contributed by atoms with E-state index in [0.717, 1.165) is 37.3 Å². The van der Waals surface area contributed by atoms with E-state index in [9.17, 15) is 0 Å². The average Bonchev–Trinajstić information content (AvgIpc) is 2.99. The van der Waals surface area contributed by atoms with Crippen molar-refractivity contribution in [2.24, 2.45) is 0 Å². The SMILES string of the molecule is CCCn1ccnc1CC(NCC)c1ccoc1Cl. The minimum absolute atomic E-state index is 0.134. The van der Waals surface area contributed by atoms with Crippen molar-refractivity contribution in [3.05, 3.63) is 41.3 Å². The molecule has 0 spiro atoms. The van der Waals surface area contributed by atoms with Gasteiger partial charge in [-0.3, -0.25) is 0 Å². The zero-order valence-electron chi connectivity index (χ0n) is 11.4. The Hall–Kier alpha value is -1.26. The molecule has 2 heterocycles. The third-order valence-corrected chi connectivity index (χ3v) is 3.43. The molecule has 0 aliphatic heterocycles. The largest absolute Gasteiger partial charge is 0.453 e. The highest BCUT2D eigenvalue weighted by molar-refractivity contribution is 6.29. The van der Waals surface area contributed by atoms with Crippen LogP contribution in [0.3, 0.4) is 0 Å². The van der Waals surface area contributed by atoms with Crippen LogP contribution in [0.4, 0.5) is 0 Å². The van der Waals surface area contributed by atoms with E-state index in [1.54, 1.807) is 6.26 Å². The molecule has 2 aromatic heterocycles. The van der Waals surface area contributed by atoms with Gasteiger partial charge in [-0.2, -0.15) is 0 Å². The Balaban J connectivity index is 2.17. The first-order valence-electron chi connectivity index (χ1n) is 6.72. The molecule has 19 heavy (non-hydrogen) atoms. The van der Waals surface area contributed by atoms with Crippen molar-refractivity contribution in [1.82, 2.24) is 14.9 Å². The summed E-state index contributed by atoms with van der Waals surface area (Å²) >= 11 is 6.08. The minimum Gasteiger partial charge on any atom is -0.453 e. The first-order chi connectivity index (χ1) is 9.26. The predicted molar refractivity (Wildman–Crippen MR) is 76.4 cm³/mol. The van der Waals surface area contributed by atoms with E-state index in [-0.39, 0.29) is 6.04 Å². The fraction of sp³-hybridized carbons (Fsp3) is 0.500. The number of furan rings is 1. The molecule has 4 nitrogen and oxygen atoms in total. The molecular formula is C14H20ClN3O. The summed E-state index contributed by atoms with van der Waals surface area (Å²) in [5, 5.41) is 3.89. The number of halogens is 1. The van der Waals surface area contributed by atoms with Crippen molar-refractivity contribution < 1.29 is 4.42 Å². The Kier molecular flexibility index (Phi) is 5.05. The highest BCUT2D eigenvalue weighted by Gasteiger charge is 2.18. The van der Waals surface area contributed by atoms with Crippen LogP contribution in [-0.4, -0.2) is 16.1 Å². The number of nitrogens with zero attached hydrogens (tertiary/aromatic N) is 2. The lowest BCUT2D eigenvalue weighted by Gasteiger charge is -2.17. The fourth-order valence-electron chi connectivity index (χ4n) is 2.25. The molecule has 1 unspecified atom stereocenters. The number of hydrogen-bond acceptors (Lipinski definition) is 3. The van der Waals surface area contributed by atoms with Crippen LogP contribution in [0.1, 0.15) is 37.7 Å². The lowest BCUT2D eigenvalue weighted by molar-refractivity contribution is 0.504. The zero-order chi connectivity index (χ0) is 13.7. The Morgan fingerprint density at radius 1 is 1.47 bits per heavy atom. The van der Waals surface area contributed by atoms with Gasteiger partial charge in [-0.05, 0) is 30.6 Å². The van der Waals surface area contributed by atoms with Crippen LogP contribution < -0.4 is 5.32 Å². The highest BCUT2D eigenvalue weighted by atomic mass is 35.5. The van der Waals surface area contributed by atoms with E-state index in [1.165, 1.54) is 0 Å². The summed E-state index contributed by atoms with van der Waals surface area (Å²) in [6.07, 6.45) is 7.41. The summed E-state index contributed by atoms with van der Waals surface area (Å²) in [5.74, 6) is 1.07. The third kappa shape index (κ3) is 3.39. The van der Waals surface area contributed by atoms with Gasteiger partial charge in [0.25, 0.3) is 0 Å². The minimum atomic E-state index is 0.134. The Bertz CT molecular complexity index is 506. The predicted octanol–water partition coefficient (Wildman–Crippen LogP) is 3.43. The van der Waals surface area contributed by atoms with Crippen LogP contribution in [0.15, 0.2) is 29.1 Å². The molecule has 104 valence electrons. The molecule has 1 atom stereocenters. The standard InChI is InChI=1S/C14H20ClN3O/c1-3-7-18-8-6-17-13(18)10-12(16-4-2)11-5-9-19-14(11)15/h5-6,8-9,12,16H,3-4,7,10H2,1-2H3. The van der Waals surface area contributed by atoms with E-state index in [1.807, 2.05) is 18.5 Å². The summed E-state index contributed by atoms with van der Waals surface area (Å²) in [5.41, 5.74) is 0.995. The van der Waals surface area contributed by atoms with Gasteiger partial charge in [-0.25, -0.2) is 4.98 Å². The number of imidazole rings is 1. The van der Waals surface area contributed by atoms with E-state index in [0.29, 0.717) is 5.22 Å². The number of likely N-dealkylation sites (N-methyl/N-ethyl adjacent to an activating group) is 1. The quantitative estimate of drug-likeness (QED) is 0.845. The van der Waals surface area contributed by atoms with Gasteiger partial charge in [0.2, 0.25) is 0 Å². The molecule has 0 aromatic carbocycles. The first-order valence-corrected chi connectivity index (χ1v) is 7.10. The van der Waals surface area contributed by atoms with Crippen LogP contribution >= 0.6 is 11.6 Å². The molecule has 1 N–H and O–H groups in total. The summed E-state index contributed by atoms with van der Waals surface area (Å²) in [7, 11) is 0. The Labute approximate surface area is 118 Å². The fourth-order valence-corrected chi connectivity index (χ4v) is 2.50. The van der Waals surface area contributed by atoms with Crippen LogP contribution in [0.2, 0.25) is 5.22 Å². The maximum Gasteiger partial charge on any atom is 0.197 e. The van der Waals surface area contributed by atoms with Crippen molar-refractivity contribution in [2.75, 3.05) is 6.54 Å². The number of nitrogens with one attached hydrogen (secondary N) is 1. The van der Waals surface area contributed by atoms with Gasteiger partial charge in [0.15, 0.2) is 5.22 Å². The smallest absolute Gasteiger partial charge is 0.197 e. The number of aryl methyl sites for hydroxylation is 1. The average molecular weight is 282 g/mol. The van der Waals surface area contributed by atoms with Crippen LogP contribution in [0, 0.1) is 0 Å². The molecule has 0 aliphatic carbocycles. The van der Waals surface area contributed by atoms with Crippen LogP contribution in [0.5, 0.6) is 0 Å². The second-order valence-corrected chi connectivity index (χ2v) is 4.84. The first kappa shape index (κ1) is 14.2. The Morgan fingerprint density at radius 2 is 2.32 bits per heavy atom. The van der Waals surface area contributed by atoms with Crippen molar-refractivity contribution >= 4 is 11.6 Å². The van der Waals surface area contributed by atoms with Crippen LogP contribution in [-0.2, 0) is 13.0 Å². The van der Waals surface area contributed by atoms with Gasteiger partial charge < -0.3 is 14.3 Å². The maximum absolute atomic E-state index is 6.08. The summed E-state index contributed by atoms with van der Waals surface area (Å²) < 4.78 is 7.38. The molecule has 0 bridgehead atoms. The topological polar surface area (TPSA) is 43.0 Å². The van der Waals surface area contributed by atoms with Crippen molar-refractivity contribution in [2.45, 2.75) is 39.3 Å². The lowest BCUT2D eigenvalue weighted by atomic mass is 10.1. The van der Waals surface area contributed by atoms with Crippen molar-refractivity contribution in [1.29, 1.82) is 0 Å². The van der Waals surface area contributed by atoms with Gasteiger partial charge in [0, 0.05) is 37.0 Å². The molecule has 2 rings (SSSR count). The molecule has 0 amide bonds. The van der Waals surface area contributed by atoms with Crippen LogP contribution in [0.25, 0.3) is 0 Å². The Morgan fingerprint density at radius 3 is 2.95 bits per heavy atom. The number of aromatic nitrogens is 2. The van der Waals surface area contributed by atoms with Gasteiger partial charge in [-0.1, -0.05) is 13.8 Å². The van der Waals surface area contributed by atoms with Crippen molar-refractivity contribution in [3.63, 3.8) is 0 Å². The maximum atomic E-state index is 6.08. The summed E-state index contributed by atoms with van der Waals surface area (Å²) in [4.78, 5) is 4.45. The van der Waals surface area contributed by atoms with Gasteiger partial charge in [0.1, 0.15) is 5.82 Å². The van der Waals surface area contributed by atoms with Gasteiger partial charge in [-0.15, -0.1) is 0 Å². The summed E-state index contributed by atoms with van der Waals surface area (Å²) in [6.45, 7) is 6.12. The zero-order valence-corrected chi connectivity index (χ0v) is 12.2. The molecule has 0 saturated carbocycles. The monoisotopic (exact) mass is 281 g/mol. The molecule has 5 heteroatoms. The molecule has 0 radical (unpaired) electrons. The molecule has 0 aliphatic rings. The second-order valence-electron chi connectivity index (χ2n) is 4.50. The molecule has 0 saturated heterocycles. The summed E-state index contributed by atoms with van der Waals surface area (Å²) in [6, 6.07) is 2.05. The van der Waals surface area contributed by atoms with E-state index < -0.39 is 0 Å². The number of hydrogen-bond donors (Lipinski definition) is 1. The van der Waals surface area contributed by atoms with E-state index >= 15 is 0 Å². The molecular weight excluding hydrogens is 262 g/mol.